The third-order valence-electron chi connectivity index (χ3n) is 1.79. The summed E-state index contributed by atoms with van der Waals surface area (Å²) in [5.41, 5.74) is 1.97. The van der Waals surface area contributed by atoms with Crippen LogP contribution in [-0.4, -0.2) is 11.1 Å². The largest absolute Gasteiger partial charge is 0.478 e. The molecule has 14 heavy (non-hydrogen) atoms. The highest BCUT2D eigenvalue weighted by Crippen LogP contribution is 2.26. The number of hydrogen-bond acceptors (Lipinski definition) is 1. The monoisotopic (exact) mass is 366 g/mol. The molecular weight excluding hydrogens is 359 g/mol. The molecule has 0 bridgehead atoms. The summed E-state index contributed by atoms with van der Waals surface area (Å²) >= 11 is 5.67. The molecule has 0 atom stereocenters. The average Bonchev–Trinajstić information content (AvgIpc) is 2.13. The Morgan fingerprint density at radius 2 is 2.21 bits per heavy atom. The molecule has 2 nitrogen and oxygen atoms in total. The van der Waals surface area contributed by atoms with Gasteiger partial charge in [0.2, 0.25) is 0 Å². The van der Waals surface area contributed by atoms with Gasteiger partial charge in [0.25, 0.3) is 0 Å². The van der Waals surface area contributed by atoms with Crippen molar-refractivity contribution >= 4 is 50.6 Å². The van der Waals surface area contributed by atoms with Gasteiger partial charge in [0.1, 0.15) is 0 Å². The highest BCUT2D eigenvalue weighted by molar-refractivity contribution is 14.1. The van der Waals surface area contributed by atoms with E-state index in [1.165, 1.54) is 0 Å². The van der Waals surface area contributed by atoms with Gasteiger partial charge in [0.05, 0.1) is 0 Å². The standard InChI is InChI=1S/C10H8BrIO2/c1-6-7(3-5-9(13)14)2-4-8(12)10(6)11/h2-5H,1H3,(H,13,14)/b5-3+. The molecule has 1 aromatic rings. The molecule has 0 radical (unpaired) electrons. The Hall–Kier alpha value is -0.360. The van der Waals surface area contributed by atoms with Crippen molar-refractivity contribution in [3.8, 4) is 0 Å². The van der Waals surface area contributed by atoms with Crippen molar-refractivity contribution in [1.29, 1.82) is 0 Å². The van der Waals surface area contributed by atoms with Crippen LogP contribution in [0.1, 0.15) is 11.1 Å². The van der Waals surface area contributed by atoms with Crippen LogP contribution >= 0.6 is 38.5 Å². The van der Waals surface area contributed by atoms with Gasteiger partial charge in [-0.1, -0.05) is 6.07 Å². The third-order valence-corrected chi connectivity index (χ3v) is 4.45. The van der Waals surface area contributed by atoms with Crippen molar-refractivity contribution in [2.24, 2.45) is 0 Å². The highest BCUT2D eigenvalue weighted by atomic mass is 127. The van der Waals surface area contributed by atoms with E-state index in [1.807, 2.05) is 19.1 Å². The van der Waals surface area contributed by atoms with Gasteiger partial charge in [-0.2, -0.15) is 0 Å². The molecule has 0 amide bonds. The van der Waals surface area contributed by atoms with Gasteiger partial charge in [-0.25, -0.2) is 4.79 Å². The van der Waals surface area contributed by atoms with Crippen LogP contribution in [0.25, 0.3) is 6.08 Å². The summed E-state index contributed by atoms with van der Waals surface area (Å²) in [7, 11) is 0. The first-order chi connectivity index (χ1) is 6.52. The Bertz CT molecular complexity index is 399. The Labute approximate surface area is 104 Å². The van der Waals surface area contributed by atoms with Gasteiger partial charge in [-0.3, -0.25) is 0 Å². The molecule has 0 saturated heterocycles. The first-order valence-electron chi connectivity index (χ1n) is 3.88. The average molecular weight is 367 g/mol. The number of hydrogen-bond donors (Lipinski definition) is 1. The summed E-state index contributed by atoms with van der Waals surface area (Å²) in [6.07, 6.45) is 2.74. The molecule has 0 spiro atoms. The van der Waals surface area contributed by atoms with Gasteiger partial charge >= 0.3 is 5.97 Å². The summed E-state index contributed by atoms with van der Waals surface area (Å²) in [6.45, 7) is 1.95. The van der Waals surface area contributed by atoms with Gasteiger partial charge in [-0.15, -0.1) is 0 Å². The summed E-state index contributed by atoms with van der Waals surface area (Å²) < 4.78 is 2.14. The normalized spacial score (nSPS) is 10.8. The first-order valence-corrected chi connectivity index (χ1v) is 5.75. The molecule has 74 valence electrons. The van der Waals surface area contributed by atoms with Crippen LogP contribution in [-0.2, 0) is 4.79 Å². The van der Waals surface area contributed by atoms with Crippen LogP contribution in [0.2, 0.25) is 0 Å². The van der Waals surface area contributed by atoms with E-state index in [-0.39, 0.29) is 0 Å². The maximum Gasteiger partial charge on any atom is 0.328 e. The lowest BCUT2D eigenvalue weighted by molar-refractivity contribution is -0.131. The first kappa shape index (κ1) is 11.7. The highest BCUT2D eigenvalue weighted by Gasteiger charge is 2.03. The lowest BCUT2D eigenvalue weighted by Crippen LogP contribution is -1.89. The van der Waals surface area contributed by atoms with Crippen molar-refractivity contribution in [2.45, 2.75) is 6.92 Å². The number of carboxylic acids is 1. The minimum absolute atomic E-state index is 0.916. The zero-order valence-electron chi connectivity index (χ0n) is 7.42. The molecule has 0 heterocycles. The molecule has 0 fully saturated rings. The van der Waals surface area contributed by atoms with E-state index in [0.29, 0.717) is 0 Å². The summed E-state index contributed by atoms with van der Waals surface area (Å²) in [4.78, 5) is 10.3. The molecule has 0 aliphatic heterocycles. The van der Waals surface area contributed by atoms with E-state index in [4.69, 9.17) is 5.11 Å². The van der Waals surface area contributed by atoms with Crippen LogP contribution < -0.4 is 0 Å². The van der Waals surface area contributed by atoms with Crippen LogP contribution in [0.5, 0.6) is 0 Å². The van der Waals surface area contributed by atoms with Gasteiger partial charge < -0.3 is 5.11 Å². The summed E-state index contributed by atoms with van der Waals surface area (Å²) in [5, 5.41) is 8.49. The van der Waals surface area contributed by atoms with E-state index in [2.05, 4.69) is 38.5 Å². The van der Waals surface area contributed by atoms with Crippen molar-refractivity contribution in [3.05, 3.63) is 37.4 Å². The van der Waals surface area contributed by atoms with E-state index in [9.17, 15) is 4.79 Å². The second-order valence-corrected chi connectivity index (χ2v) is 4.70. The van der Waals surface area contributed by atoms with Crippen molar-refractivity contribution < 1.29 is 9.90 Å². The Balaban J connectivity index is 3.12. The quantitative estimate of drug-likeness (QED) is 0.642. The molecule has 0 aliphatic carbocycles. The molecule has 1 aromatic carbocycles. The van der Waals surface area contributed by atoms with Crippen LogP contribution in [0.3, 0.4) is 0 Å². The fourth-order valence-electron chi connectivity index (χ4n) is 1.01. The number of rotatable bonds is 2. The van der Waals surface area contributed by atoms with E-state index < -0.39 is 5.97 Å². The summed E-state index contributed by atoms with van der Waals surface area (Å²) in [5.74, 6) is -0.931. The molecule has 0 aromatic heterocycles. The maximum absolute atomic E-state index is 10.3. The van der Waals surface area contributed by atoms with Gasteiger partial charge in [0.15, 0.2) is 0 Å². The zero-order chi connectivity index (χ0) is 10.7. The van der Waals surface area contributed by atoms with Gasteiger partial charge in [-0.05, 0) is 68.7 Å². The lowest BCUT2D eigenvalue weighted by Gasteiger charge is -2.04. The molecule has 0 aliphatic rings. The van der Waals surface area contributed by atoms with Crippen molar-refractivity contribution in [1.82, 2.24) is 0 Å². The second-order valence-electron chi connectivity index (χ2n) is 2.75. The number of carboxylic acid groups (broad SMARTS) is 1. The fraction of sp³-hybridized carbons (Fsp3) is 0.100. The Morgan fingerprint density at radius 1 is 1.57 bits per heavy atom. The van der Waals surface area contributed by atoms with Crippen LogP contribution in [0.15, 0.2) is 22.7 Å². The molecule has 1 N–H and O–H groups in total. The van der Waals surface area contributed by atoms with Crippen molar-refractivity contribution in [2.75, 3.05) is 0 Å². The van der Waals surface area contributed by atoms with Crippen molar-refractivity contribution in [3.63, 3.8) is 0 Å². The smallest absolute Gasteiger partial charge is 0.328 e. The molecule has 1 rings (SSSR count). The van der Waals surface area contributed by atoms with Crippen LogP contribution in [0, 0.1) is 10.5 Å². The minimum atomic E-state index is -0.931. The van der Waals surface area contributed by atoms with Gasteiger partial charge in [0, 0.05) is 14.1 Å². The molecule has 0 saturated carbocycles. The zero-order valence-corrected chi connectivity index (χ0v) is 11.2. The Morgan fingerprint density at radius 3 is 2.79 bits per heavy atom. The lowest BCUT2D eigenvalue weighted by atomic mass is 10.1. The second kappa shape index (κ2) is 4.93. The number of halogens is 2. The molecule has 0 unspecified atom stereocenters. The number of carbonyl (C=O) groups is 1. The fourth-order valence-corrected chi connectivity index (χ4v) is 1.95. The van der Waals surface area contributed by atoms with E-state index >= 15 is 0 Å². The molecular formula is C10H8BrIO2. The number of aliphatic carboxylic acids is 1. The van der Waals surface area contributed by atoms with E-state index in [1.54, 1.807) is 6.08 Å². The SMILES string of the molecule is Cc1c(/C=C/C(=O)O)ccc(I)c1Br. The molecule has 4 heteroatoms. The maximum atomic E-state index is 10.3. The summed E-state index contributed by atoms with van der Waals surface area (Å²) in [6, 6.07) is 3.85. The number of benzene rings is 1. The predicted molar refractivity (Wildman–Crippen MR) is 68.3 cm³/mol. The third kappa shape index (κ3) is 2.81. The topological polar surface area (TPSA) is 37.3 Å². The van der Waals surface area contributed by atoms with E-state index in [0.717, 1.165) is 25.2 Å². The predicted octanol–water partition coefficient (Wildman–Crippen LogP) is 3.46. The minimum Gasteiger partial charge on any atom is -0.478 e. The Kier molecular flexibility index (Phi) is 4.12. The van der Waals surface area contributed by atoms with Crippen LogP contribution in [0.4, 0.5) is 0 Å².